The third-order valence-electron chi connectivity index (χ3n) is 3.59. The molecule has 0 saturated heterocycles. The minimum absolute atomic E-state index is 0.0168. The Labute approximate surface area is 155 Å². The number of methoxy groups -OCH3 is 1. The molecule has 0 aliphatic heterocycles. The minimum Gasteiger partial charge on any atom is -0.500 e. The van der Waals surface area contributed by atoms with Crippen LogP contribution >= 0.6 is 12.2 Å². The van der Waals surface area contributed by atoms with Crippen LogP contribution in [0.4, 0.5) is 11.4 Å². The highest BCUT2D eigenvalue weighted by Crippen LogP contribution is 2.36. The summed E-state index contributed by atoms with van der Waals surface area (Å²) in [5.74, 6) is -0.549. The van der Waals surface area contributed by atoms with E-state index in [4.69, 9.17) is 17.0 Å². The number of thiocarbonyl (C=S) groups is 1. The van der Waals surface area contributed by atoms with Gasteiger partial charge in [0.15, 0.2) is 10.9 Å². The fourth-order valence-electron chi connectivity index (χ4n) is 2.30. The summed E-state index contributed by atoms with van der Waals surface area (Å²) in [7, 11) is 1.31. The molecule has 8 nitrogen and oxygen atoms in total. The Kier molecular flexibility index (Phi) is 6.07. The largest absolute Gasteiger partial charge is 0.500 e. The number of hydrogen-bond acceptors (Lipinski definition) is 6. The number of phenols is 1. The van der Waals surface area contributed by atoms with Gasteiger partial charge < -0.3 is 15.2 Å². The van der Waals surface area contributed by atoms with Crippen molar-refractivity contribution in [2.75, 3.05) is 12.4 Å². The molecule has 0 aromatic heterocycles. The van der Waals surface area contributed by atoms with Crippen LogP contribution in [0.2, 0.25) is 0 Å². The average molecular weight is 374 g/mol. The van der Waals surface area contributed by atoms with Crippen molar-refractivity contribution in [1.29, 1.82) is 0 Å². The van der Waals surface area contributed by atoms with E-state index in [1.165, 1.54) is 25.5 Å². The second kappa shape index (κ2) is 8.26. The highest BCUT2D eigenvalue weighted by molar-refractivity contribution is 7.80. The normalized spacial score (nSPS) is 10.6. The standard InChI is InChI=1S/C17H18N4O4S/c1-10-5-4-6-11(2)15(10)19-17(26)20-18-9-12-7-13(21(23)24)16(22)14(8-12)25-3/h4-9,22H,1-3H3,(H2,19,20,26)/b18-9+. The van der Waals surface area contributed by atoms with Crippen molar-refractivity contribution in [2.45, 2.75) is 13.8 Å². The van der Waals surface area contributed by atoms with E-state index < -0.39 is 16.4 Å². The second-order valence-electron chi connectivity index (χ2n) is 5.44. The first-order chi connectivity index (χ1) is 12.3. The zero-order valence-electron chi connectivity index (χ0n) is 14.4. The molecule has 0 aliphatic rings. The molecule has 26 heavy (non-hydrogen) atoms. The lowest BCUT2D eigenvalue weighted by atomic mass is 10.1. The first-order valence-electron chi connectivity index (χ1n) is 7.55. The highest BCUT2D eigenvalue weighted by Gasteiger charge is 2.19. The van der Waals surface area contributed by atoms with Gasteiger partial charge in [-0.25, -0.2) is 0 Å². The lowest BCUT2D eigenvalue weighted by Crippen LogP contribution is -2.24. The van der Waals surface area contributed by atoms with Crippen molar-refractivity contribution in [3.05, 3.63) is 57.1 Å². The van der Waals surface area contributed by atoms with Gasteiger partial charge in [0.25, 0.3) is 0 Å². The molecular weight excluding hydrogens is 356 g/mol. The predicted octanol–water partition coefficient (Wildman–Crippen LogP) is 3.25. The van der Waals surface area contributed by atoms with E-state index in [-0.39, 0.29) is 10.9 Å². The number of nitro benzene ring substituents is 1. The molecule has 0 atom stereocenters. The molecule has 136 valence electrons. The van der Waals surface area contributed by atoms with Gasteiger partial charge in [0.1, 0.15) is 0 Å². The SMILES string of the molecule is COc1cc(/C=N/NC(=S)Nc2c(C)cccc2C)cc([N+](=O)[O-])c1O. The van der Waals surface area contributed by atoms with E-state index in [0.29, 0.717) is 5.56 Å². The lowest BCUT2D eigenvalue weighted by Gasteiger charge is -2.12. The molecule has 2 rings (SSSR count). The maximum absolute atomic E-state index is 11.0. The molecule has 0 aliphatic carbocycles. The van der Waals surface area contributed by atoms with Crippen molar-refractivity contribution >= 4 is 34.9 Å². The molecule has 2 aromatic rings. The number of nitrogens with zero attached hydrogens (tertiary/aromatic N) is 2. The van der Waals surface area contributed by atoms with Gasteiger partial charge in [-0.05, 0) is 43.3 Å². The van der Waals surface area contributed by atoms with E-state index in [1.807, 2.05) is 32.0 Å². The van der Waals surface area contributed by atoms with Crippen molar-refractivity contribution in [3.8, 4) is 11.5 Å². The zero-order valence-corrected chi connectivity index (χ0v) is 15.3. The van der Waals surface area contributed by atoms with E-state index in [1.54, 1.807) is 0 Å². The summed E-state index contributed by atoms with van der Waals surface area (Å²) < 4.78 is 4.93. The Morgan fingerprint density at radius 1 is 1.35 bits per heavy atom. The fraction of sp³-hybridized carbons (Fsp3) is 0.176. The Balaban J connectivity index is 2.12. The van der Waals surface area contributed by atoms with Gasteiger partial charge in [-0.1, -0.05) is 18.2 Å². The van der Waals surface area contributed by atoms with Gasteiger partial charge in [0.2, 0.25) is 5.75 Å². The first kappa shape index (κ1) is 19.1. The number of aryl methyl sites for hydroxylation is 2. The fourth-order valence-corrected chi connectivity index (χ4v) is 2.46. The quantitative estimate of drug-likeness (QED) is 0.319. The third-order valence-corrected chi connectivity index (χ3v) is 3.79. The summed E-state index contributed by atoms with van der Waals surface area (Å²) in [6.45, 7) is 3.92. The molecule has 0 fully saturated rings. The van der Waals surface area contributed by atoms with Crippen LogP contribution in [0.15, 0.2) is 35.4 Å². The van der Waals surface area contributed by atoms with Gasteiger partial charge in [0, 0.05) is 17.3 Å². The molecule has 0 bridgehead atoms. The number of aromatic hydroxyl groups is 1. The minimum atomic E-state index is -0.699. The van der Waals surface area contributed by atoms with Gasteiger partial charge in [0.05, 0.1) is 18.2 Å². The van der Waals surface area contributed by atoms with Crippen LogP contribution in [0, 0.1) is 24.0 Å². The van der Waals surface area contributed by atoms with Crippen LogP contribution in [0.3, 0.4) is 0 Å². The number of rotatable bonds is 5. The zero-order chi connectivity index (χ0) is 19.3. The Hall–Kier alpha value is -3.20. The smallest absolute Gasteiger partial charge is 0.315 e. The topological polar surface area (TPSA) is 109 Å². The number of hydrazone groups is 1. The summed E-state index contributed by atoms with van der Waals surface area (Å²) in [5.41, 5.74) is 5.52. The monoisotopic (exact) mass is 374 g/mol. The Morgan fingerprint density at radius 2 is 2.00 bits per heavy atom. The molecule has 0 spiro atoms. The average Bonchev–Trinajstić information content (AvgIpc) is 2.59. The summed E-state index contributed by atoms with van der Waals surface area (Å²) in [6.07, 6.45) is 1.34. The number of phenolic OH excluding ortho intramolecular Hbond substituents is 1. The Morgan fingerprint density at radius 3 is 2.58 bits per heavy atom. The van der Waals surface area contributed by atoms with Crippen molar-refractivity contribution < 1.29 is 14.8 Å². The number of ether oxygens (including phenoxy) is 1. The van der Waals surface area contributed by atoms with Gasteiger partial charge in [-0.3, -0.25) is 15.5 Å². The first-order valence-corrected chi connectivity index (χ1v) is 7.96. The summed E-state index contributed by atoms with van der Waals surface area (Å²) in [4.78, 5) is 10.3. The molecule has 3 N–H and O–H groups in total. The maximum Gasteiger partial charge on any atom is 0.315 e. The molecule has 0 heterocycles. The third kappa shape index (κ3) is 4.45. The predicted molar refractivity (Wildman–Crippen MR) is 104 cm³/mol. The molecule has 0 unspecified atom stereocenters. The van der Waals surface area contributed by atoms with Crippen molar-refractivity contribution in [2.24, 2.45) is 5.10 Å². The molecular formula is C17H18N4O4S. The van der Waals surface area contributed by atoms with Gasteiger partial charge in [-0.2, -0.15) is 5.10 Å². The molecule has 9 heteroatoms. The number of nitrogens with one attached hydrogen (secondary N) is 2. The van der Waals surface area contributed by atoms with Crippen LogP contribution in [0.25, 0.3) is 0 Å². The Bertz CT molecular complexity index is 863. The van der Waals surface area contributed by atoms with Gasteiger partial charge in [-0.15, -0.1) is 0 Å². The number of benzene rings is 2. The van der Waals surface area contributed by atoms with Crippen LogP contribution in [0.1, 0.15) is 16.7 Å². The lowest BCUT2D eigenvalue weighted by molar-refractivity contribution is -0.386. The molecule has 0 amide bonds. The van der Waals surface area contributed by atoms with E-state index in [0.717, 1.165) is 16.8 Å². The van der Waals surface area contributed by atoms with Crippen LogP contribution in [0.5, 0.6) is 11.5 Å². The van der Waals surface area contributed by atoms with E-state index in [2.05, 4.69) is 15.8 Å². The van der Waals surface area contributed by atoms with Crippen LogP contribution < -0.4 is 15.5 Å². The summed E-state index contributed by atoms with van der Waals surface area (Å²) in [6, 6.07) is 8.49. The van der Waals surface area contributed by atoms with E-state index in [9.17, 15) is 15.2 Å². The maximum atomic E-state index is 11.0. The summed E-state index contributed by atoms with van der Waals surface area (Å²) in [5, 5.41) is 28.0. The highest BCUT2D eigenvalue weighted by atomic mass is 32.1. The molecule has 0 radical (unpaired) electrons. The van der Waals surface area contributed by atoms with Crippen LogP contribution in [-0.2, 0) is 0 Å². The second-order valence-corrected chi connectivity index (χ2v) is 5.85. The van der Waals surface area contributed by atoms with Gasteiger partial charge >= 0.3 is 5.69 Å². The van der Waals surface area contributed by atoms with Crippen molar-refractivity contribution in [3.63, 3.8) is 0 Å². The van der Waals surface area contributed by atoms with E-state index >= 15 is 0 Å². The molecule has 2 aromatic carbocycles. The number of nitro groups is 1. The summed E-state index contributed by atoms with van der Waals surface area (Å²) >= 11 is 5.20. The van der Waals surface area contributed by atoms with Crippen LogP contribution in [-0.4, -0.2) is 28.5 Å². The molecule has 0 saturated carbocycles. The number of para-hydroxylation sites is 1. The van der Waals surface area contributed by atoms with Crippen molar-refractivity contribution in [1.82, 2.24) is 5.43 Å². The number of anilines is 1. The number of hydrogen-bond donors (Lipinski definition) is 3.